The molecule has 25 heavy (non-hydrogen) atoms. The fourth-order valence-corrected chi connectivity index (χ4v) is 2.21. The third kappa shape index (κ3) is 6.47. The van der Waals surface area contributed by atoms with Gasteiger partial charge in [-0.1, -0.05) is 49.4 Å². The molecule has 1 aliphatic heterocycles. The average Bonchev–Trinajstić information content (AvgIpc) is 2.68. The third-order valence-corrected chi connectivity index (χ3v) is 3.62. The molecule has 2 N–H and O–H groups in total. The minimum absolute atomic E-state index is 0.0000926. The van der Waals surface area contributed by atoms with Crippen LogP contribution in [-0.2, 0) is 16.0 Å². The molecule has 0 saturated carbocycles. The van der Waals surface area contributed by atoms with Gasteiger partial charge >= 0.3 is 5.97 Å². The second-order valence-electron chi connectivity index (χ2n) is 5.54. The van der Waals surface area contributed by atoms with E-state index < -0.39 is 0 Å². The van der Waals surface area contributed by atoms with E-state index in [1.165, 1.54) is 5.56 Å². The van der Waals surface area contributed by atoms with Crippen molar-refractivity contribution in [1.82, 2.24) is 0 Å². The number of benzene rings is 2. The minimum Gasteiger partial charge on any atom is -0.486 e. The molecular weight excluding hydrogens is 318 g/mol. The lowest BCUT2D eigenvalue weighted by molar-refractivity contribution is -0.143. The molecule has 2 aromatic carbocycles. The van der Waals surface area contributed by atoms with Crippen LogP contribution in [0.4, 0.5) is 0 Å². The zero-order valence-electron chi connectivity index (χ0n) is 14.5. The Labute approximate surface area is 148 Å². The molecule has 1 heterocycles. The van der Waals surface area contributed by atoms with Crippen LogP contribution in [-0.4, -0.2) is 31.8 Å². The Hall–Kier alpha value is -2.53. The molecule has 0 fully saturated rings. The normalized spacial score (nSPS) is 14.9. The number of carbonyl (C=O) groups excluding carboxylic acids is 1. The molecule has 0 unspecified atom stereocenters. The Kier molecular flexibility index (Phi) is 7.79. The molecule has 0 saturated heterocycles. The largest absolute Gasteiger partial charge is 0.486 e. The molecule has 1 atom stereocenters. The van der Waals surface area contributed by atoms with Crippen LogP contribution >= 0.6 is 0 Å². The van der Waals surface area contributed by atoms with E-state index in [4.69, 9.17) is 19.9 Å². The Balaban J connectivity index is 0.000000181. The van der Waals surface area contributed by atoms with Crippen LogP contribution in [0.2, 0.25) is 0 Å². The van der Waals surface area contributed by atoms with Crippen molar-refractivity contribution in [2.75, 3.05) is 19.8 Å². The average molecular weight is 343 g/mol. The van der Waals surface area contributed by atoms with Crippen LogP contribution in [0.25, 0.3) is 0 Å². The van der Waals surface area contributed by atoms with Gasteiger partial charge in [-0.05, 0) is 17.7 Å². The molecule has 2 aromatic rings. The summed E-state index contributed by atoms with van der Waals surface area (Å²) in [6.45, 7) is 3.32. The van der Waals surface area contributed by atoms with Gasteiger partial charge in [-0.2, -0.15) is 0 Å². The second kappa shape index (κ2) is 10.4. The predicted molar refractivity (Wildman–Crippen MR) is 96.8 cm³/mol. The molecule has 3 rings (SSSR count). The fourth-order valence-electron chi connectivity index (χ4n) is 2.21. The summed E-state index contributed by atoms with van der Waals surface area (Å²) in [6, 6.07) is 17.6. The number of rotatable bonds is 5. The molecule has 0 aliphatic carbocycles. The van der Waals surface area contributed by atoms with Crippen molar-refractivity contribution in [1.29, 1.82) is 0 Å². The lowest BCUT2D eigenvalue weighted by Gasteiger charge is -2.25. The minimum atomic E-state index is -0.129. The SMILES string of the molecule is CCC(=O)OCCc1ccccc1.NC[C@@H]1COc2ccccc2O1. The van der Waals surface area contributed by atoms with E-state index in [0.717, 1.165) is 17.9 Å². The van der Waals surface area contributed by atoms with E-state index in [9.17, 15) is 4.79 Å². The summed E-state index contributed by atoms with van der Waals surface area (Å²) in [5.41, 5.74) is 6.66. The maximum absolute atomic E-state index is 10.8. The van der Waals surface area contributed by atoms with E-state index in [1.54, 1.807) is 6.92 Å². The van der Waals surface area contributed by atoms with Crippen LogP contribution in [0.1, 0.15) is 18.9 Å². The highest BCUT2D eigenvalue weighted by molar-refractivity contribution is 5.68. The van der Waals surface area contributed by atoms with Crippen LogP contribution in [0, 0.1) is 0 Å². The maximum atomic E-state index is 10.8. The van der Waals surface area contributed by atoms with E-state index >= 15 is 0 Å². The zero-order chi connectivity index (χ0) is 17.9. The van der Waals surface area contributed by atoms with Crippen molar-refractivity contribution in [2.45, 2.75) is 25.9 Å². The van der Waals surface area contributed by atoms with E-state index in [-0.39, 0.29) is 12.1 Å². The van der Waals surface area contributed by atoms with E-state index in [0.29, 0.717) is 26.2 Å². The second-order valence-corrected chi connectivity index (χ2v) is 5.54. The molecule has 0 spiro atoms. The summed E-state index contributed by atoms with van der Waals surface area (Å²) in [4.78, 5) is 10.8. The Bertz CT molecular complexity index is 645. The molecule has 0 radical (unpaired) electrons. The molecule has 134 valence electrons. The zero-order valence-corrected chi connectivity index (χ0v) is 14.5. The van der Waals surface area contributed by atoms with Gasteiger partial charge in [0, 0.05) is 19.4 Å². The highest BCUT2D eigenvalue weighted by Gasteiger charge is 2.18. The van der Waals surface area contributed by atoms with Gasteiger partial charge < -0.3 is 19.9 Å². The van der Waals surface area contributed by atoms with Gasteiger partial charge in [-0.3, -0.25) is 4.79 Å². The number of para-hydroxylation sites is 2. The van der Waals surface area contributed by atoms with Crippen molar-refractivity contribution in [3.05, 3.63) is 60.2 Å². The number of esters is 1. The number of nitrogens with two attached hydrogens (primary N) is 1. The standard InChI is InChI=1S/C11H14O2.C9H11NO2/c1-2-11(12)13-9-8-10-6-4-3-5-7-10;10-5-7-6-11-8-3-1-2-4-9(8)12-7/h3-7H,2,8-9H2,1H3;1-4,7H,5-6,10H2/t;7-/m.1/s1. The lowest BCUT2D eigenvalue weighted by Crippen LogP contribution is -2.35. The van der Waals surface area contributed by atoms with Gasteiger partial charge in [-0.25, -0.2) is 0 Å². The number of hydrogen-bond acceptors (Lipinski definition) is 5. The molecule has 0 aromatic heterocycles. The topological polar surface area (TPSA) is 70.8 Å². The van der Waals surface area contributed by atoms with Crippen molar-refractivity contribution < 1.29 is 19.0 Å². The van der Waals surface area contributed by atoms with Gasteiger partial charge in [0.05, 0.1) is 6.61 Å². The smallest absolute Gasteiger partial charge is 0.305 e. The summed E-state index contributed by atoms with van der Waals surface area (Å²) >= 11 is 0. The predicted octanol–water partition coefficient (Wildman–Crippen LogP) is 2.97. The Morgan fingerprint density at radius 2 is 1.80 bits per heavy atom. The quantitative estimate of drug-likeness (QED) is 0.845. The van der Waals surface area contributed by atoms with E-state index in [1.807, 2.05) is 54.6 Å². The summed E-state index contributed by atoms with van der Waals surface area (Å²) in [6.07, 6.45) is 1.25. The Morgan fingerprint density at radius 1 is 1.12 bits per heavy atom. The van der Waals surface area contributed by atoms with Gasteiger partial charge in [0.25, 0.3) is 0 Å². The number of ether oxygens (including phenoxy) is 3. The van der Waals surface area contributed by atoms with Gasteiger partial charge in [0.1, 0.15) is 12.7 Å². The number of hydrogen-bond donors (Lipinski definition) is 1. The first-order valence-corrected chi connectivity index (χ1v) is 8.51. The van der Waals surface area contributed by atoms with E-state index in [2.05, 4.69) is 0 Å². The summed E-state index contributed by atoms with van der Waals surface area (Å²) in [5, 5.41) is 0. The number of fused-ring (bicyclic) bond motifs is 1. The van der Waals surface area contributed by atoms with Gasteiger partial charge in [-0.15, -0.1) is 0 Å². The summed E-state index contributed by atoms with van der Waals surface area (Å²) < 4.78 is 15.9. The van der Waals surface area contributed by atoms with Gasteiger partial charge in [0.2, 0.25) is 0 Å². The molecule has 0 amide bonds. The lowest BCUT2D eigenvalue weighted by atomic mass is 10.2. The molecule has 1 aliphatic rings. The number of carbonyl (C=O) groups is 1. The van der Waals surface area contributed by atoms with Crippen LogP contribution in [0.5, 0.6) is 11.5 Å². The monoisotopic (exact) mass is 343 g/mol. The highest BCUT2D eigenvalue weighted by Crippen LogP contribution is 2.30. The molecule has 5 heteroatoms. The fraction of sp³-hybridized carbons (Fsp3) is 0.350. The summed E-state index contributed by atoms with van der Waals surface area (Å²) in [5.74, 6) is 1.47. The first kappa shape index (κ1) is 18.8. The third-order valence-electron chi connectivity index (χ3n) is 3.62. The summed E-state index contributed by atoms with van der Waals surface area (Å²) in [7, 11) is 0. The maximum Gasteiger partial charge on any atom is 0.305 e. The van der Waals surface area contributed by atoms with Crippen molar-refractivity contribution in [3.8, 4) is 11.5 Å². The van der Waals surface area contributed by atoms with Crippen molar-refractivity contribution in [3.63, 3.8) is 0 Å². The Morgan fingerprint density at radius 3 is 2.48 bits per heavy atom. The van der Waals surface area contributed by atoms with Crippen LogP contribution in [0.3, 0.4) is 0 Å². The molecular formula is C20H25NO4. The van der Waals surface area contributed by atoms with Crippen LogP contribution in [0.15, 0.2) is 54.6 Å². The van der Waals surface area contributed by atoms with Crippen molar-refractivity contribution >= 4 is 5.97 Å². The van der Waals surface area contributed by atoms with Crippen LogP contribution < -0.4 is 15.2 Å². The van der Waals surface area contributed by atoms with Gasteiger partial charge in [0.15, 0.2) is 11.5 Å². The first-order chi connectivity index (χ1) is 12.2. The highest BCUT2D eigenvalue weighted by atomic mass is 16.6. The molecule has 0 bridgehead atoms. The first-order valence-electron chi connectivity index (χ1n) is 8.51. The molecule has 5 nitrogen and oxygen atoms in total. The van der Waals surface area contributed by atoms with Crippen molar-refractivity contribution in [2.24, 2.45) is 5.73 Å².